The number of ketones is 1. The van der Waals surface area contributed by atoms with Crippen molar-refractivity contribution < 1.29 is 14.3 Å². The summed E-state index contributed by atoms with van der Waals surface area (Å²) in [5.74, 6) is -0.908. The van der Waals surface area contributed by atoms with Crippen LogP contribution in [0.3, 0.4) is 0 Å². The summed E-state index contributed by atoms with van der Waals surface area (Å²) in [6, 6.07) is 15.2. The summed E-state index contributed by atoms with van der Waals surface area (Å²) in [6.45, 7) is 3.91. The molecule has 0 saturated carbocycles. The summed E-state index contributed by atoms with van der Waals surface area (Å²) in [5, 5.41) is 3.29. The van der Waals surface area contributed by atoms with Crippen LogP contribution in [-0.4, -0.2) is 18.4 Å². The van der Waals surface area contributed by atoms with Crippen LogP contribution in [0.15, 0.2) is 69.8 Å². The molecule has 1 heterocycles. The smallest absolute Gasteiger partial charge is 0.336 e. The summed E-state index contributed by atoms with van der Waals surface area (Å²) in [5.41, 5.74) is 5.01. The standard InChI is InChI=1S/C22H18BrNO3/c1-3-27-22(26)17-12(2)24-20-15-6-4-5-7-16(15)21(25)19(20)18(17)13-8-10-14(23)11-9-13/h4-11,18,24H,3H2,1-2H3/t18-/m1/s1. The maximum absolute atomic E-state index is 13.2. The van der Waals surface area contributed by atoms with Crippen molar-refractivity contribution in [3.63, 3.8) is 0 Å². The lowest BCUT2D eigenvalue weighted by Crippen LogP contribution is -2.29. The number of allylic oxidation sites excluding steroid dienone is 2. The van der Waals surface area contributed by atoms with Crippen LogP contribution in [0.4, 0.5) is 0 Å². The molecule has 2 aromatic rings. The van der Waals surface area contributed by atoms with Crippen molar-refractivity contribution in [2.45, 2.75) is 19.8 Å². The van der Waals surface area contributed by atoms with Gasteiger partial charge in [0.25, 0.3) is 0 Å². The summed E-state index contributed by atoms with van der Waals surface area (Å²) in [4.78, 5) is 26.0. The van der Waals surface area contributed by atoms with E-state index in [4.69, 9.17) is 4.74 Å². The second-order valence-corrected chi connectivity index (χ2v) is 7.45. The maximum atomic E-state index is 13.2. The Morgan fingerprint density at radius 1 is 1.11 bits per heavy atom. The lowest BCUT2D eigenvalue weighted by molar-refractivity contribution is -0.138. The number of hydrogen-bond donors (Lipinski definition) is 1. The zero-order valence-corrected chi connectivity index (χ0v) is 16.6. The van der Waals surface area contributed by atoms with Crippen molar-refractivity contribution >= 4 is 33.4 Å². The number of ether oxygens (including phenoxy) is 1. The molecule has 2 aliphatic rings. The van der Waals surface area contributed by atoms with Gasteiger partial charge in [-0.05, 0) is 31.5 Å². The van der Waals surface area contributed by atoms with Gasteiger partial charge < -0.3 is 10.1 Å². The molecule has 27 heavy (non-hydrogen) atoms. The third-order valence-corrected chi connectivity index (χ3v) is 5.48. The minimum Gasteiger partial charge on any atom is -0.463 e. The third kappa shape index (κ3) is 2.82. The van der Waals surface area contributed by atoms with Crippen molar-refractivity contribution in [3.05, 3.63) is 86.5 Å². The molecule has 1 aliphatic carbocycles. The van der Waals surface area contributed by atoms with Crippen molar-refractivity contribution in [1.29, 1.82) is 0 Å². The molecular formula is C22H18BrNO3. The molecule has 1 aliphatic heterocycles. The van der Waals surface area contributed by atoms with E-state index < -0.39 is 11.9 Å². The number of dihydropyridines is 1. The van der Waals surface area contributed by atoms with Crippen LogP contribution in [0.1, 0.15) is 41.3 Å². The highest BCUT2D eigenvalue weighted by Crippen LogP contribution is 2.46. The Labute approximate surface area is 166 Å². The van der Waals surface area contributed by atoms with Gasteiger partial charge in [-0.2, -0.15) is 0 Å². The first-order chi connectivity index (χ1) is 13.0. The van der Waals surface area contributed by atoms with E-state index in [9.17, 15) is 9.59 Å². The summed E-state index contributed by atoms with van der Waals surface area (Å²) in [7, 11) is 0. The minimum atomic E-state index is -0.465. The van der Waals surface area contributed by atoms with Gasteiger partial charge in [0.15, 0.2) is 5.78 Å². The quantitative estimate of drug-likeness (QED) is 0.733. The van der Waals surface area contributed by atoms with Crippen LogP contribution in [0.2, 0.25) is 0 Å². The predicted octanol–water partition coefficient (Wildman–Crippen LogP) is 4.58. The highest BCUT2D eigenvalue weighted by atomic mass is 79.9. The number of carbonyl (C=O) groups is 2. The highest BCUT2D eigenvalue weighted by Gasteiger charge is 2.42. The Kier molecular flexibility index (Phi) is 4.48. The van der Waals surface area contributed by atoms with Gasteiger partial charge in [0.1, 0.15) is 0 Å². The van der Waals surface area contributed by atoms with Crippen molar-refractivity contribution in [3.8, 4) is 0 Å². The van der Waals surface area contributed by atoms with E-state index in [0.29, 0.717) is 22.4 Å². The molecule has 1 N–H and O–H groups in total. The molecule has 0 unspecified atom stereocenters. The molecule has 136 valence electrons. The lowest BCUT2D eigenvalue weighted by atomic mass is 9.80. The zero-order valence-electron chi connectivity index (χ0n) is 15.0. The molecule has 0 aromatic heterocycles. The minimum absolute atomic E-state index is 0.0460. The lowest BCUT2D eigenvalue weighted by Gasteiger charge is -2.29. The molecule has 0 fully saturated rings. The average molecular weight is 424 g/mol. The van der Waals surface area contributed by atoms with Gasteiger partial charge in [0, 0.05) is 32.8 Å². The molecule has 4 rings (SSSR count). The Balaban J connectivity index is 1.92. The molecule has 0 saturated heterocycles. The fraction of sp³-hybridized carbons (Fsp3) is 0.182. The van der Waals surface area contributed by atoms with E-state index in [0.717, 1.165) is 21.3 Å². The Morgan fingerprint density at radius 3 is 2.44 bits per heavy atom. The van der Waals surface area contributed by atoms with Gasteiger partial charge in [-0.3, -0.25) is 4.79 Å². The number of benzene rings is 2. The van der Waals surface area contributed by atoms with E-state index in [1.54, 1.807) is 6.92 Å². The first kappa shape index (κ1) is 17.7. The number of hydrogen-bond acceptors (Lipinski definition) is 4. The van der Waals surface area contributed by atoms with E-state index in [-0.39, 0.29) is 12.4 Å². The van der Waals surface area contributed by atoms with Crippen LogP contribution in [0, 0.1) is 0 Å². The fourth-order valence-corrected chi connectivity index (χ4v) is 4.06. The average Bonchev–Trinajstić information content (AvgIpc) is 2.94. The van der Waals surface area contributed by atoms with Gasteiger partial charge in [-0.1, -0.05) is 52.3 Å². The first-order valence-electron chi connectivity index (χ1n) is 8.81. The molecule has 4 nitrogen and oxygen atoms in total. The number of carbonyl (C=O) groups excluding carboxylic acids is 2. The number of Topliss-reactive ketones (excluding diaryl/α,β-unsaturated/α-hetero) is 1. The van der Waals surface area contributed by atoms with E-state index in [1.165, 1.54) is 0 Å². The SMILES string of the molecule is CCOC(=O)C1=C(C)NC2=C(C(=O)c3ccccc32)[C@@H]1c1ccc(Br)cc1. The van der Waals surface area contributed by atoms with Gasteiger partial charge in [0.2, 0.25) is 0 Å². The van der Waals surface area contributed by atoms with Crippen LogP contribution in [-0.2, 0) is 9.53 Å². The van der Waals surface area contributed by atoms with Crippen LogP contribution in [0.5, 0.6) is 0 Å². The zero-order chi connectivity index (χ0) is 19.1. The van der Waals surface area contributed by atoms with Crippen molar-refractivity contribution in [2.24, 2.45) is 0 Å². The van der Waals surface area contributed by atoms with Gasteiger partial charge in [-0.25, -0.2) is 4.79 Å². The predicted molar refractivity (Wildman–Crippen MR) is 107 cm³/mol. The third-order valence-electron chi connectivity index (χ3n) is 4.95. The second kappa shape index (κ2) is 6.82. The maximum Gasteiger partial charge on any atom is 0.336 e. The van der Waals surface area contributed by atoms with E-state index >= 15 is 0 Å². The first-order valence-corrected chi connectivity index (χ1v) is 9.60. The topological polar surface area (TPSA) is 55.4 Å². The molecule has 5 heteroatoms. The van der Waals surface area contributed by atoms with Crippen molar-refractivity contribution in [2.75, 3.05) is 6.61 Å². The number of rotatable bonds is 3. The van der Waals surface area contributed by atoms with Gasteiger partial charge >= 0.3 is 5.97 Å². The van der Waals surface area contributed by atoms with Gasteiger partial charge in [0.05, 0.1) is 17.9 Å². The highest BCUT2D eigenvalue weighted by molar-refractivity contribution is 9.10. The summed E-state index contributed by atoms with van der Waals surface area (Å²) < 4.78 is 6.25. The Morgan fingerprint density at radius 2 is 1.78 bits per heavy atom. The summed E-state index contributed by atoms with van der Waals surface area (Å²) >= 11 is 3.45. The fourth-order valence-electron chi connectivity index (χ4n) is 3.80. The Hall–Kier alpha value is -2.66. The van der Waals surface area contributed by atoms with Crippen LogP contribution < -0.4 is 5.32 Å². The van der Waals surface area contributed by atoms with Gasteiger partial charge in [-0.15, -0.1) is 0 Å². The number of nitrogens with one attached hydrogen (secondary N) is 1. The normalized spacial score (nSPS) is 18.2. The van der Waals surface area contributed by atoms with Crippen LogP contribution in [0.25, 0.3) is 5.70 Å². The number of fused-ring (bicyclic) bond motifs is 2. The molecule has 2 aromatic carbocycles. The second-order valence-electron chi connectivity index (χ2n) is 6.53. The van der Waals surface area contributed by atoms with Crippen molar-refractivity contribution in [1.82, 2.24) is 5.32 Å². The molecule has 0 amide bonds. The van der Waals surface area contributed by atoms with E-state index in [2.05, 4.69) is 21.2 Å². The number of halogens is 1. The number of esters is 1. The molecular weight excluding hydrogens is 406 g/mol. The van der Waals surface area contributed by atoms with E-state index in [1.807, 2.05) is 55.5 Å². The molecule has 1 atom stereocenters. The molecule has 0 radical (unpaired) electrons. The van der Waals surface area contributed by atoms with Crippen LogP contribution >= 0.6 is 15.9 Å². The Bertz CT molecular complexity index is 1020. The molecule has 0 bridgehead atoms. The molecule has 0 spiro atoms. The largest absolute Gasteiger partial charge is 0.463 e. The monoisotopic (exact) mass is 423 g/mol. The summed E-state index contributed by atoms with van der Waals surface area (Å²) in [6.07, 6.45) is 0.